The Balaban J connectivity index is 1.62. The van der Waals surface area contributed by atoms with Gasteiger partial charge in [-0.05, 0) is 23.8 Å². The average molecular weight is 397 g/mol. The van der Waals surface area contributed by atoms with Gasteiger partial charge in [0.2, 0.25) is 5.78 Å². The molecule has 0 atom stereocenters. The van der Waals surface area contributed by atoms with E-state index in [1.807, 2.05) is 0 Å². The number of hydrogen-bond donors (Lipinski definition) is 3. The van der Waals surface area contributed by atoms with E-state index in [-0.39, 0.29) is 23.0 Å². The second-order valence-electron chi connectivity index (χ2n) is 7.62. The van der Waals surface area contributed by atoms with E-state index in [1.165, 1.54) is 34.1 Å². The van der Waals surface area contributed by atoms with E-state index in [4.69, 9.17) is 4.74 Å². The number of ketones is 1. The van der Waals surface area contributed by atoms with Crippen LogP contribution in [0.4, 0.5) is 5.69 Å². The molecule has 0 radical (unpaired) electrons. The number of fused-ring (bicyclic) bond motifs is 1. The van der Waals surface area contributed by atoms with Crippen LogP contribution >= 0.6 is 0 Å². The molecule has 0 unspecified atom stereocenters. The minimum Gasteiger partial charge on any atom is -0.507 e. The first-order valence-corrected chi connectivity index (χ1v) is 9.61. The van der Waals surface area contributed by atoms with Crippen LogP contribution in [0.3, 0.4) is 0 Å². The van der Waals surface area contributed by atoms with E-state index in [0.29, 0.717) is 29.0 Å². The quantitative estimate of drug-likeness (QED) is 0.378. The number of aromatic hydroxyl groups is 1. The number of likely N-dealkylation sites (N-methyl/N-ethyl adjacent to an activating group) is 1. The van der Waals surface area contributed by atoms with Gasteiger partial charge in [-0.2, -0.15) is 0 Å². The van der Waals surface area contributed by atoms with Gasteiger partial charge in [0.15, 0.2) is 11.5 Å². The van der Waals surface area contributed by atoms with Gasteiger partial charge < -0.3 is 19.6 Å². The lowest BCUT2D eigenvalue weighted by atomic mass is 10.0. The molecule has 8 heteroatoms. The maximum Gasteiger partial charge on any atom is 0.270 e. The number of non-ortho nitro benzene ring substituents is 1. The van der Waals surface area contributed by atoms with Crippen molar-refractivity contribution in [3.8, 4) is 11.5 Å². The minimum absolute atomic E-state index is 0.0542. The van der Waals surface area contributed by atoms with Gasteiger partial charge in [-0.1, -0.05) is 12.1 Å². The van der Waals surface area contributed by atoms with Crippen LogP contribution in [-0.2, 0) is 6.54 Å². The summed E-state index contributed by atoms with van der Waals surface area (Å²) in [5, 5.41) is 21.4. The Bertz CT molecular complexity index is 1010. The summed E-state index contributed by atoms with van der Waals surface area (Å²) in [5.41, 5.74) is 1.50. The second kappa shape index (κ2) is 7.65. The number of rotatable bonds is 4. The highest BCUT2D eigenvalue weighted by molar-refractivity contribution is 6.15. The van der Waals surface area contributed by atoms with Crippen LogP contribution in [0.5, 0.6) is 11.5 Å². The number of Topliss-reactive ketones (excluding diaryl/α,β-unsaturated/α-hetero) is 1. The zero-order valence-electron chi connectivity index (χ0n) is 16.1. The molecular formula is C21H23N3O5+2. The summed E-state index contributed by atoms with van der Waals surface area (Å²) >= 11 is 0. The van der Waals surface area contributed by atoms with E-state index in [1.54, 1.807) is 18.2 Å². The molecule has 0 bridgehead atoms. The van der Waals surface area contributed by atoms with Crippen molar-refractivity contribution in [2.75, 3.05) is 33.2 Å². The largest absolute Gasteiger partial charge is 0.507 e. The maximum atomic E-state index is 12.8. The van der Waals surface area contributed by atoms with E-state index in [2.05, 4.69) is 7.05 Å². The summed E-state index contributed by atoms with van der Waals surface area (Å²) in [5.74, 6) is 0.327. The highest BCUT2D eigenvalue weighted by atomic mass is 16.6. The number of nitrogens with zero attached hydrogens (tertiary/aromatic N) is 1. The Kier molecular flexibility index (Phi) is 5.04. The third-order valence-electron chi connectivity index (χ3n) is 5.53. The molecule has 2 aromatic carbocycles. The predicted molar refractivity (Wildman–Crippen MR) is 105 cm³/mol. The van der Waals surface area contributed by atoms with Gasteiger partial charge in [0, 0.05) is 12.1 Å². The molecule has 29 heavy (non-hydrogen) atoms. The van der Waals surface area contributed by atoms with Gasteiger partial charge in [-0.3, -0.25) is 14.9 Å². The number of benzene rings is 2. The SMILES string of the molecule is C[NH+]1CC[NH+](Cc2c(O)ccc3c2O/C(=C/c2cccc([N+](=O)[O-])c2)C3=O)CC1. The first kappa shape index (κ1) is 19.1. The van der Waals surface area contributed by atoms with Crippen LogP contribution < -0.4 is 14.5 Å². The van der Waals surface area contributed by atoms with Crippen molar-refractivity contribution in [3.63, 3.8) is 0 Å². The summed E-state index contributed by atoms with van der Waals surface area (Å²) in [4.78, 5) is 26.1. The van der Waals surface area contributed by atoms with Gasteiger partial charge >= 0.3 is 0 Å². The lowest BCUT2D eigenvalue weighted by molar-refractivity contribution is -1.01. The number of nitro groups is 1. The second-order valence-corrected chi connectivity index (χ2v) is 7.62. The standard InChI is InChI=1S/C21H21N3O5/c1-22-7-9-23(10-8-22)13-17-18(25)6-5-16-20(26)19(29-21(16)17)12-14-3-2-4-15(11-14)24(27)28/h2-6,11-12,25H,7-10,13H2,1H3/p+2/b19-12+. The lowest BCUT2D eigenvalue weighted by Gasteiger charge is -2.27. The monoisotopic (exact) mass is 397 g/mol. The Morgan fingerprint density at radius 1 is 1.21 bits per heavy atom. The lowest BCUT2D eigenvalue weighted by Crippen LogP contribution is -3.26. The number of carbonyl (C=O) groups is 1. The van der Waals surface area contributed by atoms with Gasteiger partial charge in [0.25, 0.3) is 5.69 Å². The predicted octanol–water partition coefficient (Wildman–Crippen LogP) is -0.170. The van der Waals surface area contributed by atoms with Crippen LogP contribution in [0.25, 0.3) is 6.08 Å². The zero-order valence-corrected chi connectivity index (χ0v) is 16.1. The van der Waals surface area contributed by atoms with Gasteiger partial charge in [-0.25, -0.2) is 0 Å². The van der Waals surface area contributed by atoms with Crippen LogP contribution in [0.1, 0.15) is 21.5 Å². The number of quaternary nitrogens is 2. The molecule has 2 aliphatic heterocycles. The summed E-state index contributed by atoms with van der Waals surface area (Å²) in [6.45, 7) is 4.67. The molecule has 1 saturated heterocycles. The maximum absolute atomic E-state index is 12.8. The van der Waals surface area contributed by atoms with E-state index in [0.717, 1.165) is 26.2 Å². The molecule has 1 fully saturated rings. The summed E-state index contributed by atoms with van der Waals surface area (Å²) in [7, 11) is 2.17. The number of phenols is 1. The average Bonchev–Trinajstić information content (AvgIpc) is 3.01. The van der Waals surface area contributed by atoms with Crippen molar-refractivity contribution in [1.82, 2.24) is 0 Å². The van der Waals surface area contributed by atoms with Crippen LogP contribution in [0.2, 0.25) is 0 Å². The van der Waals surface area contributed by atoms with Crippen molar-refractivity contribution >= 4 is 17.5 Å². The molecule has 2 heterocycles. The number of phenolic OH excluding ortho intramolecular Hbond substituents is 1. The Morgan fingerprint density at radius 3 is 2.69 bits per heavy atom. The van der Waals surface area contributed by atoms with Crippen LogP contribution in [-0.4, -0.2) is 49.0 Å². The number of hydrogen-bond acceptors (Lipinski definition) is 5. The number of nitrogens with one attached hydrogen (secondary N) is 2. The number of carbonyl (C=O) groups excluding carboxylic acids is 1. The summed E-state index contributed by atoms with van der Waals surface area (Å²) in [6.07, 6.45) is 1.50. The van der Waals surface area contributed by atoms with E-state index >= 15 is 0 Å². The number of nitro benzene ring substituents is 1. The van der Waals surface area contributed by atoms with Gasteiger partial charge in [0.1, 0.15) is 38.5 Å². The highest BCUT2D eigenvalue weighted by Crippen LogP contribution is 2.39. The normalized spacial score (nSPS) is 22.4. The Morgan fingerprint density at radius 2 is 1.97 bits per heavy atom. The molecule has 0 saturated carbocycles. The van der Waals surface area contributed by atoms with Crippen LogP contribution in [0, 0.1) is 10.1 Å². The fourth-order valence-electron chi connectivity index (χ4n) is 3.80. The first-order chi connectivity index (χ1) is 13.9. The van der Waals surface area contributed by atoms with Crippen molar-refractivity contribution < 1.29 is 29.4 Å². The fourth-order valence-corrected chi connectivity index (χ4v) is 3.80. The third kappa shape index (κ3) is 3.85. The topological polar surface area (TPSA) is 98.6 Å². The van der Waals surface area contributed by atoms with Crippen molar-refractivity contribution in [2.45, 2.75) is 6.54 Å². The number of allylic oxidation sites excluding steroid dienone is 1. The molecule has 3 N–H and O–H groups in total. The Labute approximate surface area is 167 Å². The summed E-state index contributed by atoms with van der Waals surface area (Å²) in [6, 6.07) is 9.12. The first-order valence-electron chi connectivity index (χ1n) is 9.61. The number of piperazine rings is 1. The fraction of sp³-hybridized carbons (Fsp3) is 0.286. The van der Waals surface area contributed by atoms with E-state index in [9.17, 15) is 20.0 Å². The van der Waals surface area contributed by atoms with Crippen molar-refractivity contribution in [2.24, 2.45) is 0 Å². The van der Waals surface area contributed by atoms with Crippen molar-refractivity contribution in [3.05, 3.63) is 69.0 Å². The molecule has 8 nitrogen and oxygen atoms in total. The van der Waals surface area contributed by atoms with E-state index < -0.39 is 4.92 Å². The van der Waals surface area contributed by atoms with Gasteiger partial charge in [0.05, 0.1) is 23.1 Å². The number of ether oxygens (including phenoxy) is 1. The molecule has 4 rings (SSSR count). The minimum atomic E-state index is -0.481. The molecule has 0 aliphatic carbocycles. The third-order valence-corrected chi connectivity index (χ3v) is 5.53. The van der Waals surface area contributed by atoms with Crippen molar-refractivity contribution in [1.29, 1.82) is 0 Å². The molecule has 0 amide bonds. The highest BCUT2D eigenvalue weighted by Gasteiger charge is 2.33. The van der Waals surface area contributed by atoms with Gasteiger partial charge in [-0.15, -0.1) is 0 Å². The molecule has 150 valence electrons. The summed E-state index contributed by atoms with van der Waals surface area (Å²) < 4.78 is 5.86. The molecule has 0 aromatic heterocycles. The zero-order chi connectivity index (χ0) is 20.5. The molecule has 2 aromatic rings. The molecule has 0 spiro atoms. The molecule has 2 aliphatic rings. The Hall–Kier alpha value is -3.23. The smallest absolute Gasteiger partial charge is 0.270 e. The van der Waals surface area contributed by atoms with Crippen LogP contribution in [0.15, 0.2) is 42.2 Å². The molecular weight excluding hydrogens is 374 g/mol.